The number of nitrogen functional groups attached to an aromatic ring is 1. The Hall–Kier alpha value is -2.63. The summed E-state index contributed by atoms with van der Waals surface area (Å²) in [6.45, 7) is 0. The van der Waals surface area contributed by atoms with Crippen LogP contribution in [-0.4, -0.2) is 26.2 Å². The number of hydrogen-bond acceptors (Lipinski definition) is 5. The van der Waals surface area contributed by atoms with Crippen molar-refractivity contribution in [2.75, 3.05) is 5.73 Å². The lowest BCUT2D eigenvalue weighted by Crippen LogP contribution is -2.01. The first kappa shape index (κ1) is 10.9. The molecule has 0 bridgehead atoms. The number of aromatic nitrogens is 2. The van der Waals surface area contributed by atoms with E-state index < -0.39 is 11.8 Å². The quantitative estimate of drug-likeness (QED) is 0.668. The van der Waals surface area contributed by atoms with E-state index in [1.165, 1.54) is 0 Å². The predicted molar refractivity (Wildman–Crippen MR) is 60.5 cm³/mol. The van der Waals surface area contributed by atoms with Crippen LogP contribution in [0, 0.1) is 0 Å². The monoisotopic (exact) mass is 231 g/mol. The van der Waals surface area contributed by atoms with Gasteiger partial charge in [-0.3, -0.25) is 0 Å². The fraction of sp³-hybridized carbons (Fsp3) is 0. The second-order valence-electron chi connectivity index (χ2n) is 3.36. The van der Waals surface area contributed by atoms with Crippen molar-refractivity contribution in [3.63, 3.8) is 0 Å². The van der Waals surface area contributed by atoms with E-state index in [4.69, 9.17) is 10.8 Å². The Kier molecular flexibility index (Phi) is 2.61. The predicted octanol–water partition coefficient (Wildman–Crippen LogP) is 1.13. The minimum Gasteiger partial charge on any atom is -0.493 e. The summed E-state index contributed by atoms with van der Waals surface area (Å²) in [5, 5.41) is 18.1. The van der Waals surface area contributed by atoms with Crippen LogP contribution in [-0.2, 0) is 0 Å². The van der Waals surface area contributed by atoms with Crippen molar-refractivity contribution in [3.8, 4) is 17.3 Å². The number of nitrogens with two attached hydrogens (primary N) is 1. The molecule has 0 radical (unpaired) electrons. The third kappa shape index (κ3) is 2.15. The molecule has 2 aromatic rings. The molecule has 1 aromatic carbocycles. The molecular formula is C11H9N3O3. The number of carboxylic acid groups (broad SMARTS) is 1. The molecule has 86 valence electrons. The Balaban J connectivity index is 2.44. The molecule has 2 rings (SSSR count). The maximum absolute atomic E-state index is 10.7. The molecule has 0 saturated carbocycles. The lowest BCUT2D eigenvalue weighted by atomic mass is 10.2. The topological polar surface area (TPSA) is 109 Å². The van der Waals surface area contributed by atoms with Gasteiger partial charge in [-0.05, 0) is 24.3 Å². The number of hydrogen-bond donors (Lipinski definition) is 3. The zero-order valence-corrected chi connectivity index (χ0v) is 8.66. The van der Waals surface area contributed by atoms with Crippen LogP contribution in [0.5, 0.6) is 5.88 Å². The van der Waals surface area contributed by atoms with Gasteiger partial charge in [-0.1, -0.05) is 0 Å². The smallest absolute Gasteiger partial charge is 0.342 e. The normalized spacial score (nSPS) is 10.1. The molecule has 0 aliphatic carbocycles. The van der Waals surface area contributed by atoms with Crippen molar-refractivity contribution < 1.29 is 15.0 Å². The van der Waals surface area contributed by atoms with E-state index in [-0.39, 0.29) is 11.4 Å². The van der Waals surface area contributed by atoms with E-state index in [1.807, 2.05) is 0 Å². The number of aromatic hydroxyl groups is 1. The molecule has 0 unspecified atom stereocenters. The van der Waals surface area contributed by atoms with Crippen molar-refractivity contribution in [1.29, 1.82) is 0 Å². The first-order valence-electron chi connectivity index (χ1n) is 4.73. The maximum Gasteiger partial charge on any atom is 0.342 e. The number of aromatic carboxylic acids is 1. The Morgan fingerprint density at radius 1 is 1.24 bits per heavy atom. The Bertz CT molecular complexity index is 567. The summed E-state index contributed by atoms with van der Waals surface area (Å²) in [5.41, 5.74) is 6.44. The number of nitrogens with zero attached hydrogens (tertiary/aromatic N) is 2. The van der Waals surface area contributed by atoms with Crippen LogP contribution in [0.2, 0.25) is 0 Å². The van der Waals surface area contributed by atoms with Gasteiger partial charge in [-0.25, -0.2) is 9.78 Å². The van der Waals surface area contributed by atoms with E-state index >= 15 is 0 Å². The molecule has 0 aliphatic rings. The SMILES string of the molecule is Nc1ccc(-c2ncc(C(=O)O)c(O)n2)cc1. The average molecular weight is 231 g/mol. The van der Waals surface area contributed by atoms with Crippen LogP contribution in [0.1, 0.15) is 10.4 Å². The van der Waals surface area contributed by atoms with Crippen LogP contribution in [0.25, 0.3) is 11.4 Å². The summed E-state index contributed by atoms with van der Waals surface area (Å²) in [6, 6.07) is 6.71. The van der Waals surface area contributed by atoms with E-state index in [0.717, 1.165) is 6.20 Å². The molecule has 0 saturated heterocycles. The van der Waals surface area contributed by atoms with Gasteiger partial charge in [-0.2, -0.15) is 4.98 Å². The molecule has 0 fully saturated rings. The largest absolute Gasteiger partial charge is 0.493 e. The van der Waals surface area contributed by atoms with Crippen molar-refractivity contribution >= 4 is 11.7 Å². The highest BCUT2D eigenvalue weighted by atomic mass is 16.4. The number of carboxylic acids is 1. The zero-order valence-electron chi connectivity index (χ0n) is 8.66. The van der Waals surface area contributed by atoms with Crippen molar-refractivity contribution in [3.05, 3.63) is 36.0 Å². The highest BCUT2D eigenvalue weighted by molar-refractivity contribution is 5.89. The molecule has 0 atom stereocenters. The average Bonchev–Trinajstić information content (AvgIpc) is 2.29. The lowest BCUT2D eigenvalue weighted by molar-refractivity contribution is 0.0692. The van der Waals surface area contributed by atoms with Gasteiger partial charge in [0.05, 0.1) is 0 Å². The van der Waals surface area contributed by atoms with Crippen LogP contribution in [0.3, 0.4) is 0 Å². The van der Waals surface area contributed by atoms with Crippen LogP contribution in [0.15, 0.2) is 30.5 Å². The van der Waals surface area contributed by atoms with Crippen LogP contribution >= 0.6 is 0 Å². The molecule has 17 heavy (non-hydrogen) atoms. The molecule has 4 N–H and O–H groups in total. The first-order valence-corrected chi connectivity index (χ1v) is 4.73. The highest BCUT2D eigenvalue weighted by Gasteiger charge is 2.13. The molecular weight excluding hydrogens is 222 g/mol. The van der Waals surface area contributed by atoms with Gasteiger partial charge in [0.15, 0.2) is 5.82 Å². The number of benzene rings is 1. The van der Waals surface area contributed by atoms with Crippen molar-refractivity contribution in [1.82, 2.24) is 9.97 Å². The van der Waals surface area contributed by atoms with E-state index in [1.54, 1.807) is 24.3 Å². The number of anilines is 1. The summed E-state index contributed by atoms with van der Waals surface area (Å²) < 4.78 is 0. The third-order valence-corrected chi connectivity index (χ3v) is 2.17. The minimum atomic E-state index is -1.27. The lowest BCUT2D eigenvalue weighted by Gasteiger charge is -2.02. The Morgan fingerprint density at radius 3 is 2.41 bits per heavy atom. The minimum absolute atomic E-state index is 0.243. The zero-order chi connectivity index (χ0) is 12.4. The summed E-state index contributed by atoms with van der Waals surface area (Å²) in [6.07, 6.45) is 1.07. The maximum atomic E-state index is 10.7. The second-order valence-corrected chi connectivity index (χ2v) is 3.36. The third-order valence-electron chi connectivity index (χ3n) is 2.17. The van der Waals surface area contributed by atoms with Gasteiger partial charge in [-0.15, -0.1) is 0 Å². The fourth-order valence-electron chi connectivity index (χ4n) is 1.29. The molecule has 0 amide bonds. The van der Waals surface area contributed by atoms with Crippen LogP contribution in [0.4, 0.5) is 5.69 Å². The van der Waals surface area contributed by atoms with Crippen molar-refractivity contribution in [2.24, 2.45) is 0 Å². The summed E-state index contributed by atoms with van der Waals surface area (Å²) >= 11 is 0. The second kappa shape index (κ2) is 4.09. The van der Waals surface area contributed by atoms with E-state index in [0.29, 0.717) is 11.3 Å². The molecule has 1 aromatic heterocycles. The van der Waals surface area contributed by atoms with Gasteiger partial charge in [0.25, 0.3) is 0 Å². The highest BCUT2D eigenvalue weighted by Crippen LogP contribution is 2.20. The standard InChI is InChI=1S/C11H9N3O3/c12-7-3-1-6(2-4-7)9-13-5-8(11(16)17)10(15)14-9/h1-5H,12H2,(H,16,17)(H,13,14,15). The summed E-state index contributed by atoms with van der Waals surface area (Å²) in [5.74, 6) is -1.59. The Labute approximate surface area is 96.4 Å². The van der Waals surface area contributed by atoms with Gasteiger partial charge in [0, 0.05) is 17.4 Å². The summed E-state index contributed by atoms with van der Waals surface area (Å²) in [7, 11) is 0. The molecule has 6 heteroatoms. The molecule has 0 aliphatic heterocycles. The van der Waals surface area contributed by atoms with E-state index in [9.17, 15) is 9.90 Å². The summed E-state index contributed by atoms with van der Waals surface area (Å²) in [4.78, 5) is 18.2. The number of carbonyl (C=O) groups is 1. The van der Waals surface area contributed by atoms with Crippen molar-refractivity contribution in [2.45, 2.75) is 0 Å². The van der Waals surface area contributed by atoms with E-state index in [2.05, 4.69) is 9.97 Å². The fourth-order valence-corrected chi connectivity index (χ4v) is 1.29. The molecule has 0 spiro atoms. The van der Waals surface area contributed by atoms with Gasteiger partial charge < -0.3 is 15.9 Å². The van der Waals surface area contributed by atoms with Crippen LogP contribution < -0.4 is 5.73 Å². The molecule has 6 nitrogen and oxygen atoms in total. The van der Waals surface area contributed by atoms with Gasteiger partial charge >= 0.3 is 5.97 Å². The molecule has 1 heterocycles. The van der Waals surface area contributed by atoms with Gasteiger partial charge in [0.1, 0.15) is 5.56 Å². The number of rotatable bonds is 2. The first-order chi connectivity index (χ1) is 8.08. The Morgan fingerprint density at radius 2 is 1.88 bits per heavy atom. The van der Waals surface area contributed by atoms with Gasteiger partial charge in [0.2, 0.25) is 5.88 Å².